The Morgan fingerprint density at radius 2 is 2.10 bits per heavy atom. The lowest BCUT2D eigenvalue weighted by Crippen LogP contribution is -2.05. The third-order valence-corrected chi connectivity index (χ3v) is 3.73. The van der Waals surface area contributed by atoms with Gasteiger partial charge >= 0.3 is 6.18 Å². The first-order valence-corrected chi connectivity index (χ1v) is 6.71. The van der Waals surface area contributed by atoms with Gasteiger partial charge in [0.05, 0.1) is 22.0 Å². The highest BCUT2D eigenvalue weighted by molar-refractivity contribution is 7.13. The van der Waals surface area contributed by atoms with Crippen molar-refractivity contribution in [2.75, 3.05) is 0 Å². The van der Waals surface area contributed by atoms with Crippen molar-refractivity contribution in [2.24, 2.45) is 0 Å². The largest absolute Gasteiger partial charge is 0.513 e. The van der Waals surface area contributed by atoms with E-state index < -0.39 is 11.7 Å². The van der Waals surface area contributed by atoms with Crippen molar-refractivity contribution in [3.8, 4) is 10.6 Å². The van der Waals surface area contributed by atoms with Gasteiger partial charge in [0.25, 0.3) is 0 Å². The number of hydrogen-bond acceptors (Lipinski definition) is 3. The molecule has 2 aromatic rings. The van der Waals surface area contributed by atoms with E-state index in [1.165, 1.54) is 23.5 Å². The zero-order valence-electron chi connectivity index (χ0n) is 10.0. The molecule has 106 valence electrons. The Morgan fingerprint density at radius 3 is 2.70 bits per heavy atom. The van der Waals surface area contributed by atoms with Gasteiger partial charge < -0.3 is 5.11 Å². The number of halogens is 4. The second-order valence-electron chi connectivity index (χ2n) is 4.08. The van der Waals surface area contributed by atoms with Crippen LogP contribution in [0.1, 0.15) is 11.3 Å². The average molecular weight is 320 g/mol. The number of thiazole rings is 1. The van der Waals surface area contributed by atoms with Gasteiger partial charge in [0, 0.05) is 17.4 Å². The summed E-state index contributed by atoms with van der Waals surface area (Å²) >= 11 is 6.76. The van der Waals surface area contributed by atoms with Gasteiger partial charge in [-0.3, -0.25) is 0 Å². The second kappa shape index (κ2) is 5.46. The average Bonchev–Trinajstić information content (AvgIpc) is 2.75. The van der Waals surface area contributed by atoms with Gasteiger partial charge in [-0.1, -0.05) is 24.2 Å². The van der Waals surface area contributed by atoms with Crippen molar-refractivity contribution in [3.63, 3.8) is 0 Å². The van der Waals surface area contributed by atoms with Gasteiger partial charge in [-0.2, -0.15) is 13.2 Å². The quantitative estimate of drug-likeness (QED) is 0.799. The van der Waals surface area contributed by atoms with Crippen molar-refractivity contribution in [2.45, 2.75) is 12.6 Å². The van der Waals surface area contributed by atoms with Crippen LogP contribution in [0.5, 0.6) is 0 Å². The highest BCUT2D eigenvalue weighted by Gasteiger charge is 2.33. The fourth-order valence-electron chi connectivity index (χ4n) is 1.61. The summed E-state index contributed by atoms with van der Waals surface area (Å²) in [6.45, 7) is 3.34. The summed E-state index contributed by atoms with van der Waals surface area (Å²) in [5, 5.41) is 10.8. The molecule has 0 saturated heterocycles. The number of benzene rings is 1. The summed E-state index contributed by atoms with van der Waals surface area (Å²) in [4.78, 5) is 4.16. The predicted octanol–water partition coefficient (Wildman–Crippen LogP) is 5.10. The molecule has 0 aliphatic rings. The van der Waals surface area contributed by atoms with E-state index in [0.29, 0.717) is 16.3 Å². The Balaban J connectivity index is 2.38. The van der Waals surface area contributed by atoms with Crippen LogP contribution in [0.4, 0.5) is 13.2 Å². The van der Waals surface area contributed by atoms with Crippen LogP contribution < -0.4 is 0 Å². The van der Waals surface area contributed by atoms with Crippen molar-refractivity contribution < 1.29 is 18.3 Å². The molecule has 0 atom stereocenters. The van der Waals surface area contributed by atoms with E-state index in [0.717, 1.165) is 6.07 Å². The first-order chi connectivity index (χ1) is 9.27. The lowest BCUT2D eigenvalue weighted by atomic mass is 10.1. The van der Waals surface area contributed by atoms with Crippen LogP contribution >= 0.6 is 22.9 Å². The minimum Gasteiger partial charge on any atom is -0.513 e. The van der Waals surface area contributed by atoms with Crippen molar-refractivity contribution in [3.05, 3.63) is 52.2 Å². The van der Waals surface area contributed by atoms with Crippen LogP contribution in [0.15, 0.2) is 35.9 Å². The summed E-state index contributed by atoms with van der Waals surface area (Å²) < 4.78 is 38.3. The zero-order chi connectivity index (χ0) is 14.9. The summed E-state index contributed by atoms with van der Waals surface area (Å²) in [6.07, 6.45) is -4.33. The molecule has 1 N–H and O–H groups in total. The minimum atomic E-state index is -4.51. The number of hydrogen-bond donors (Lipinski definition) is 1. The smallest absolute Gasteiger partial charge is 0.417 e. The Morgan fingerprint density at radius 1 is 1.40 bits per heavy atom. The first-order valence-electron chi connectivity index (χ1n) is 5.45. The molecular weight excluding hydrogens is 311 g/mol. The highest BCUT2D eigenvalue weighted by Crippen LogP contribution is 2.37. The Hall–Kier alpha value is -1.53. The lowest BCUT2D eigenvalue weighted by molar-refractivity contribution is -0.137. The number of allylic oxidation sites excluding steroid dienone is 1. The van der Waals surface area contributed by atoms with E-state index in [1.807, 2.05) is 0 Å². The first kappa shape index (κ1) is 14.9. The molecule has 7 heteroatoms. The molecule has 1 aromatic heterocycles. The number of alkyl halides is 3. The molecule has 20 heavy (non-hydrogen) atoms. The molecule has 1 aromatic carbocycles. The van der Waals surface area contributed by atoms with Gasteiger partial charge in [-0.15, -0.1) is 11.3 Å². The van der Waals surface area contributed by atoms with Crippen LogP contribution in [-0.2, 0) is 12.6 Å². The molecule has 0 radical (unpaired) electrons. The van der Waals surface area contributed by atoms with Gasteiger partial charge in [-0.05, 0) is 12.1 Å². The number of aliphatic hydroxyl groups excluding tert-OH is 1. The topological polar surface area (TPSA) is 33.1 Å². The van der Waals surface area contributed by atoms with Crippen molar-refractivity contribution >= 4 is 22.9 Å². The summed E-state index contributed by atoms with van der Waals surface area (Å²) in [5.74, 6) is -0.0473. The summed E-state index contributed by atoms with van der Waals surface area (Å²) in [7, 11) is 0. The van der Waals surface area contributed by atoms with Crippen LogP contribution in [0, 0.1) is 0 Å². The fourth-order valence-corrected chi connectivity index (χ4v) is 2.65. The predicted molar refractivity (Wildman–Crippen MR) is 73.0 cm³/mol. The molecule has 1 heterocycles. The fraction of sp³-hybridized carbons (Fsp3) is 0.154. The molecule has 0 fully saturated rings. The molecule has 2 rings (SSSR count). The van der Waals surface area contributed by atoms with E-state index in [4.69, 9.17) is 16.7 Å². The molecule has 0 bridgehead atoms. The van der Waals surface area contributed by atoms with E-state index in [1.54, 1.807) is 5.38 Å². The van der Waals surface area contributed by atoms with Gasteiger partial charge in [0.1, 0.15) is 5.01 Å². The number of nitrogens with zero attached hydrogens (tertiary/aromatic N) is 1. The van der Waals surface area contributed by atoms with Gasteiger partial charge in [-0.25, -0.2) is 4.98 Å². The van der Waals surface area contributed by atoms with Gasteiger partial charge in [0.15, 0.2) is 0 Å². The minimum absolute atomic E-state index is 0.0473. The van der Waals surface area contributed by atoms with Crippen molar-refractivity contribution in [1.82, 2.24) is 4.98 Å². The maximum Gasteiger partial charge on any atom is 0.417 e. The molecule has 0 unspecified atom stereocenters. The molecular formula is C13H9ClF3NOS. The molecule has 0 amide bonds. The summed E-state index contributed by atoms with van der Waals surface area (Å²) in [5.41, 5.74) is 0.00233. The van der Waals surface area contributed by atoms with E-state index in [9.17, 15) is 13.2 Å². The second-order valence-corrected chi connectivity index (χ2v) is 5.34. The van der Waals surface area contributed by atoms with Crippen molar-refractivity contribution in [1.29, 1.82) is 0 Å². The third kappa shape index (κ3) is 3.32. The van der Waals surface area contributed by atoms with E-state index >= 15 is 0 Å². The van der Waals surface area contributed by atoms with Gasteiger partial charge in [0.2, 0.25) is 0 Å². The van der Waals surface area contributed by atoms with Crippen LogP contribution in [0.2, 0.25) is 5.02 Å². The van der Waals surface area contributed by atoms with Crippen LogP contribution in [0.25, 0.3) is 10.6 Å². The molecule has 0 aliphatic heterocycles. The van der Waals surface area contributed by atoms with E-state index in [2.05, 4.69) is 11.6 Å². The molecule has 0 spiro atoms. The maximum atomic E-state index is 12.8. The van der Waals surface area contributed by atoms with Crippen LogP contribution in [0.3, 0.4) is 0 Å². The molecule has 2 nitrogen and oxygen atoms in total. The Bertz CT molecular complexity index is 651. The normalized spacial score (nSPS) is 11.6. The number of aromatic nitrogens is 1. The standard InChI is InChI=1S/C13H9ClF3NOS/c1-7(19)4-9-6-20-12(18-9)8-2-3-11(14)10(5-8)13(15,16)17/h2-3,5-6,19H,1,4H2. The number of aliphatic hydroxyl groups is 1. The maximum absolute atomic E-state index is 12.8. The number of rotatable bonds is 3. The SMILES string of the molecule is C=C(O)Cc1csc(-c2ccc(Cl)c(C(F)(F)F)c2)n1. The lowest BCUT2D eigenvalue weighted by Gasteiger charge is -2.09. The third-order valence-electron chi connectivity index (χ3n) is 2.46. The Labute approximate surface area is 122 Å². The van der Waals surface area contributed by atoms with E-state index in [-0.39, 0.29) is 17.2 Å². The molecule has 0 saturated carbocycles. The highest BCUT2D eigenvalue weighted by atomic mass is 35.5. The molecule has 0 aliphatic carbocycles. The van der Waals surface area contributed by atoms with Crippen LogP contribution in [-0.4, -0.2) is 10.1 Å². The monoisotopic (exact) mass is 319 g/mol. The summed E-state index contributed by atoms with van der Waals surface area (Å²) in [6, 6.07) is 3.65. The zero-order valence-corrected chi connectivity index (χ0v) is 11.6. The Kier molecular flexibility index (Phi) is 4.06.